The Morgan fingerprint density at radius 2 is 2.32 bits per heavy atom. The van der Waals surface area contributed by atoms with Gasteiger partial charge in [0, 0.05) is 23.5 Å². The van der Waals surface area contributed by atoms with Crippen molar-refractivity contribution in [2.45, 2.75) is 13.3 Å². The van der Waals surface area contributed by atoms with E-state index in [-0.39, 0.29) is 12.3 Å². The number of nitrogens with one attached hydrogen (secondary N) is 1. The van der Waals surface area contributed by atoms with E-state index in [2.05, 4.69) is 5.32 Å². The highest BCUT2D eigenvalue weighted by molar-refractivity contribution is 6.15. The first-order valence-electron chi connectivity index (χ1n) is 5.74. The molecule has 0 fully saturated rings. The third-order valence-corrected chi connectivity index (χ3v) is 2.92. The summed E-state index contributed by atoms with van der Waals surface area (Å²) in [4.78, 5) is 23.5. The third kappa shape index (κ3) is 3.48. The van der Waals surface area contributed by atoms with Crippen molar-refractivity contribution in [2.75, 3.05) is 6.54 Å². The molecule has 0 unspecified atom stereocenters. The number of halogens is 1. The lowest BCUT2D eigenvalue weighted by molar-refractivity contribution is -0.127. The summed E-state index contributed by atoms with van der Waals surface area (Å²) in [6.45, 7) is 2.29. The van der Waals surface area contributed by atoms with Gasteiger partial charge in [0.05, 0.1) is 24.8 Å². The molecule has 1 N–H and O–H groups in total. The van der Waals surface area contributed by atoms with Gasteiger partial charge in [-0.3, -0.25) is 19.3 Å². The van der Waals surface area contributed by atoms with Crippen LogP contribution in [0.2, 0.25) is 0 Å². The maximum atomic E-state index is 11.8. The minimum Gasteiger partial charge on any atom is -0.469 e. The van der Waals surface area contributed by atoms with Crippen LogP contribution in [0.25, 0.3) is 0 Å². The van der Waals surface area contributed by atoms with E-state index in [1.807, 2.05) is 0 Å². The highest BCUT2D eigenvalue weighted by atomic mass is 35.5. The van der Waals surface area contributed by atoms with Crippen molar-refractivity contribution in [3.63, 3.8) is 0 Å². The predicted octanol–water partition coefficient (Wildman–Crippen LogP) is 1.68. The summed E-state index contributed by atoms with van der Waals surface area (Å²) in [5, 5.41) is 2.31. The summed E-state index contributed by atoms with van der Waals surface area (Å²) in [6, 6.07) is 1.71. The van der Waals surface area contributed by atoms with Crippen LogP contribution in [-0.2, 0) is 16.0 Å². The van der Waals surface area contributed by atoms with Crippen molar-refractivity contribution in [2.24, 2.45) is 0 Å². The molecule has 0 aromatic carbocycles. The molecule has 1 aliphatic heterocycles. The van der Waals surface area contributed by atoms with Gasteiger partial charge >= 0.3 is 0 Å². The summed E-state index contributed by atoms with van der Waals surface area (Å²) in [7, 11) is 0. The minimum atomic E-state index is -0.465. The van der Waals surface area contributed by atoms with Gasteiger partial charge in [0.1, 0.15) is 5.76 Å². The van der Waals surface area contributed by atoms with Crippen LogP contribution in [0.1, 0.15) is 11.3 Å². The molecule has 1 aromatic rings. The van der Waals surface area contributed by atoms with Crippen LogP contribution in [0.15, 0.2) is 40.7 Å². The molecule has 0 atom stereocenters. The number of carbonyl (C=O) groups excluding carboxylic acids is 2. The van der Waals surface area contributed by atoms with Gasteiger partial charge in [0.2, 0.25) is 5.91 Å². The lowest BCUT2D eigenvalue weighted by Gasteiger charge is -2.14. The molecule has 0 spiro atoms. The second-order valence-electron chi connectivity index (χ2n) is 4.13. The predicted molar refractivity (Wildman–Crippen MR) is 70.1 cm³/mol. The molecule has 19 heavy (non-hydrogen) atoms. The average molecular weight is 281 g/mol. The van der Waals surface area contributed by atoms with E-state index in [0.717, 1.165) is 5.56 Å². The average Bonchev–Trinajstić information content (AvgIpc) is 2.75. The number of hydrogen-bond acceptors (Lipinski definition) is 4. The molecule has 0 bridgehead atoms. The largest absolute Gasteiger partial charge is 0.469 e. The van der Waals surface area contributed by atoms with Crippen LogP contribution >= 0.6 is 11.8 Å². The molecule has 100 valence electrons. The number of carbonyl (C=O) groups is 2. The van der Waals surface area contributed by atoms with Gasteiger partial charge in [0.15, 0.2) is 0 Å². The van der Waals surface area contributed by atoms with Crippen molar-refractivity contribution in [3.8, 4) is 0 Å². The van der Waals surface area contributed by atoms with E-state index in [4.69, 9.17) is 16.2 Å². The Balaban J connectivity index is 1.94. The van der Waals surface area contributed by atoms with Gasteiger partial charge in [-0.1, -0.05) is 12.2 Å². The number of aryl methyl sites for hydroxylation is 1. The first-order chi connectivity index (χ1) is 9.06. The summed E-state index contributed by atoms with van der Waals surface area (Å²) < 4.78 is 6.44. The van der Waals surface area contributed by atoms with Gasteiger partial charge in [-0.05, 0) is 13.0 Å². The second kappa shape index (κ2) is 5.75. The van der Waals surface area contributed by atoms with Gasteiger partial charge in [-0.2, -0.15) is 0 Å². The summed E-state index contributed by atoms with van der Waals surface area (Å²) in [5.74, 6) is -0.172. The SMILES string of the molecule is Cc1occc1CC(=O)NC(=O)C1=CN(Cl)CC=C1. The lowest BCUT2D eigenvalue weighted by atomic mass is 10.1. The van der Waals surface area contributed by atoms with Gasteiger partial charge in [-0.25, -0.2) is 0 Å². The molecule has 5 nitrogen and oxygen atoms in total. The van der Waals surface area contributed by atoms with E-state index in [1.165, 1.54) is 16.9 Å². The maximum Gasteiger partial charge on any atom is 0.259 e. The molecule has 2 heterocycles. The Hall–Kier alpha value is -2.01. The number of nitrogens with zero attached hydrogens (tertiary/aromatic N) is 1. The summed E-state index contributed by atoms with van der Waals surface area (Å²) in [6.07, 6.45) is 6.47. The molecule has 0 saturated heterocycles. The molecule has 0 saturated carbocycles. The van der Waals surface area contributed by atoms with Crippen LogP contribution < -0.4 is 5.32 Å². The van der Waals surface area contributed by atoms with Crippen LogP contribution in [-0.4, -0.2) is 22.8 Å². The smallest absolute Gasteiger partial charge is 0.259 e. The van der Waals surface area contributed by atoms with Gasteiger partial charge < -0.3 is 4.42 Å². The number of hydrogen-bond donors (Lipinski definition) is 1. The van der Waals surface area contributed by atoms with Gasteiger partial charge in [0.25, 0.3) is 5.91 Å². The number of imide groups is 1. The fourth-order valence-corrected chi connectivity index (χ4v) is 1.86. The Bertz CT molecular complexity index is 560. The lowest BCUT2D eigenvalue weighted by Crippen LogP contribution is -2.33. The number of furan rings is 1. The molecule has 1 aliphatic rings. The zero-order valence-electron chi connectivity index (χ0n) is 10.4. The van der Waals surface area contributed by atoms with E-state index in [1.54, 1.807) is 25.1 Å². The highest BCUT2D eigenvalue weighted by Gasteiger charge is 2.15. The Labute approximate surface area is 115 Å². The number of rotatable bonds is 3. The molecule has 6 heteroatoms. The zero-order valence-corrected chi connectivity index (χ0v) is 11.1. The van der Waals surface area contributed by atoms with Crippen LogP contribution in [0.5, 0.6) is 0 Å². The van der Waals surface area contributed by atoms with Crippen molar-refractivity contribution in [3.05, 3.63) is 47.6 Å². The molecular formula is C13H13ClN2O3. The van der Waals surface area contributed by atoms with E-state index < -0.39 is 5.91 Å². The van der Waals surface area contributed by atoms with Crippen LogP contribution in [0, 0.1) is 6.92 Å². The fourth-order valence-electron chi connectivity index (χ4n) is 1.67. The molecule has 0 radical (unpaired) electrons. The van der Waals surface area contributed by atoms with Crippen LogP contribution in [0.3, 0.4) is 0 Å². The third-order valence-electron chi connectivity index (χ3n) is 2.69. The molecule has 2 rings (SSSR count). The first kappa shape index (κ1) is 13.4. The summed E-state index contributed by atoms with van der Waals surface area (Å²) >= 11 is 5.76. The maximum absolute atomic E-state index is 11.8. The minimum absolute atomic E-state index is 0.107. The monoisotopic (exact) mass is 280 g/mol. The van der Waals surface area contributed by atoms with E-state index >= 15 is 0 Å². The number of amides is 2. The molecule has 0 aliphatic carbocycles. The van der Waals surface area contributed by atoms with Crippen molar-refractivity contribution in [1.29, 1.82) is 0 Å². The summed E-state index contributed by atoms with van der Waals surface area (Å²) in [5.41, 5.74) is 1.11. The Morgan fingerprint density at radius 3 is 2.95 bits per heavy atom. The fraction of sp³-hybridized carbons (Fsp3) is 0.231. The standard InChI is InChI=1S/C13H13ClN2O3/c1-9-10(4-6-19-9)7-12(17)15-13(18)11-3-2-5-16(14)8-11/h2-4,6,8H,5,7H2,1H3,(H,15,17,18). The highest BCUT2D eigenvalue weighted by Crippen LogP contribution is 2.11. The Kier molecular flexibility index (Phi) is 4.06. The molecule has 1 aromatic heterocycles. The van der Waals surface area contributed by atoms with Crippen molar-refractivity contribution >= 4 is 23.6 Å². The van der Waals surface area contributed by atoms with Gasteiger partial charge in [-0.15, -0.1) is 0 Å². The second-order valence-corrected chi connectivity index (χ2v) is 4.56. The molecule has 2 amide bonds. The van der Waals surface area contributed by atoms with Crippen molar-refractivity contribution in [1.82, 2.24) is 9.74 Å². The van der Waals surface area contributed by atoms with E-state index in [0.29, 0.717) is 17.9 Å². The van der Waals surface area contributed by atoms with E-state index in [9.17, 15) is 9.59 Å². The Morgan fingerprint density at radius 1 is 1.53 bits per heavy atom. The van der Waals surface area contributed by atoms with Crippen LogP contribution in [0.4, 0.5) is 0 Å². The molecular weight excluding hydrogens is 268 g/mol. The topological polar surface area (TPSA) is 62.6 Å². The zero-order chi connectivity index (χ0) is 13.8. The quantitative estimate of drug-likeness (QED) is 0.856. The first-order valence-corrected chi connectivity index (χ1v) is 6.08. The normalized spacial score (nSPS) is 14.2. The van der Waals surface area contributed by atoms with Crippen molar-refractivity contribution < 1.29 is 14.0 Å².